The van der Waals surface area contributed by atoms with E-state index in [0.29, 0.717) is 6.61 Å². The van der Waals surface area contributed by atoms with Crippen molar-refractivity contribution in [3.8, 4) is 5.75 Å². The van der Waals surface area contributed by atoms with Crippen molar-refractivity contribution in [2.24, 2.45) is 10.9 Å². The van der Waals surface area contributed by atoms with Crippen molar-refractivity contribution < 1.29 is 9.47 Å². The molecule has 0 aromatic heterocycles. The summed E-state index contributed by atoms with van der Waals surface area (Å²) < 4.78 is 11.5. The maximum atomic E-state index is 5.87. The summed E-state index contributed by atoms with van der Waals surface area (Å²) >= 11 is 0. The summed E-state index contributed by atoms with van der Waals surface area (Å²) in [5.74, 6) is 2.48. The lowest BCUT2D eigenvalue weighted by Gasteiger charge is -2.22. The minimum Gasteiger partial charge on any atom is -0.494 e. The van der Waals surface area contributed by atoms with Gasteiger partial charge < -0.3 is 14.8 Å². The summed E-state index contributed by atoms with van der Waals surface area (Å²) in [6.07, 6.45) is 3.69. The van der Waals surface area contributed by atoms with Crippen LogP contribution in [0, 0.1) is 5.92 Å². The number of aliphatic imine (C=N–C) groups is 1. The predicted molar refractivity (Wildman–Crippen MR) is 88.7 cm³/mol. The molecule has 0 atom stereocenters. The van der Waals surface area contributed by atoms with Crippen LogP contribution in [-0.4, -0.2) is 37.7 Å². The van der Waals surface area contributed by atoms with Gasteiger partial charge in [-0.05, 0) is 76.4 Å². The maximum Gasteiger partial charge on any atom is 0.216 e. The zero-order valence-corrected chi connectivity index (χ0v) is 13.6. The summed E-state index contributed by atoms with van der Waals surface area (Å²) in [7, 11) is 0. The summed E-state index contributed by atoms with van der Waals surface area (Å²) in [5, 5.41) is 3.40. The van der Waals surface area contributed by atoms with E-state index >= 15 is 0 Å². The molecule has 0 amide bonds. The third kappa shape index (κ3) is 4.01. The van der Waals surface area contributed by atoms with Gasteiger partial charge in [0.15, 0.2) is 0 Å². The lowest BCUT2D eigenvalue weighted by molar-refractivity contribution is 0.252. The van der Waals surface area contributed by atoms with Crippen molar-refractivity contribution in [3.05, 3.63) is 29.8 Å². The van der Waals surface area contributed by atoms with Crippen LogP contribution in [0.4, 0.5) is 0 Å². The number of rotatable bonds is 5. The number of hydrogen-bond acceptors (Lipinski definition) is 4. The van der Waals surface area contributed by atoms with Crippen LogP contribution in [0.2, 0.25) is 0 Å². The fourth-order valence-electron chi connectivity index (χ4n) is 2.94. The van der Waals surface area contributed by atoms with Gasteiger partial charge in [0.2, 0.25) is 5.90 Å². The Morgan fingerprint density at radius 2 is 1.95 bits per heavy atom. The summed E-state index contributed by atoms with van der Waals surface area (Å²) in [5.41, 5.74) is 0.913. The van der Waals surface area contributed by atoms with Crippen LogP contribution in [0.5, 0.6) is 5.75 Å². The van der Waals surface area contributed by atoms with Crippen molar-refractivity contribution in [2.75, 3.05) is 26.3 Å². The molecule has 1 fully saturated rings. The van der Waals surface area contributed by atoms with Gasteiger partial charge in [-0.1, -0.05) is 0 Å². The second kappa shape index (κ2) is 6.69. The molecule has 3 rings (SSSR count). The highest BCUT2D eigenvalue weighted by Crippen LogP contribution is 2.22. The molecule has 0 aliphatic carbocycles. The lowest BCUT2D eigenvalue weighted by atomic mass is 9.95. The van der Waals surface area contributed by atoms with E-state index in [0.717, 1.165) is 49.2 Å². The zero-order valence-electron chi connectivity index (χ0n) is 13.6. The maximum absolute atomic E-state index is 5.87. The largest absolute Gasteiger partial charge is 0.494 e. The third-order valence-corrected chi connectivity index (χ3v) is 4.32. The summed E-state index contributed by atoms with van der Waals surface area (Å²) in [6, 6.07) is 8.07. The quantitative estimate of drug-likeness (QED) is 0.909. The summed E-state index contributed by atoms with van der Waals surface area (Å²) in [6.45, 7) is 7.91. The molecule has 0 spiro atoms. The number of benzene rings is 1. The molecule has 1 saturated heterocycles. The van der Waals surface area contributed by atoms with E-state index < -0.39 is 0 Å². The van der Waals surface area contributed by atoms with E-state index in [-0.39, 0.29) is 5.54 Å². The van der Waals surface area contributed by atoms with Gasteiger partial charge in [-0.25, -0.2) is 4.99 Å². The SMILES string of the molecule is CC1(C)COC(c2ccc(OCCC3CCNCC3)cc2)=N1. The van der Waals surface area contributed by atoms with Gasteiger partial charge in [0.05, 0.1) is 12.1 Å². The van der Waals surface area contributed by atoms with E-state index in [9.17, 15) is 0 Å². The highest BCUT2D eigenvalue weighted by molar-refractivity contribution is 5.95. The highest BCUT2D eigenvalue weighted by Gasteiger charge is 2.26. The second-order valence-electron chi connectivity index (χ2n) is 6.87. The second-order valence-corrected chi connectivity index (χ2v) is 6.87. The Morgan fingerprint density at radius 3 is 2.59 bits per heavy atom. The van der Waals surface area contributed by atoms with Crippen molar-refractivity contribution in [3.63, 3.8) is 0 Å². The number of hydrogen-bond donors (Lipinski definition) is 1. The molecule has 1 aromatic rings. The zero-order chi connectivity index (χ0) is 15.4. The molecule has 0 radical (unpaired) electrons. The van der Waals surface area contributed by atoms with Crippen LogP contribution in [0.3, 0.4) is 0 Å². The highest BCUT2D eigenvalue weighted by atomic mass is 16.5. The molecule has 0 saturated carbocycles. The molecule has 120 valence electrons. The summed E-state index contributed by atoms with van der Waals surface area (Å²) in [4.78, 5) is 4.59. The standard InChI is InChI=1S/C18H26N2O2/c1-18(2)13-22-17(20-18)15-3-5-16(6-4-15)21-12-9-14-7-10-19-11-8-14/h3-6,14,19H,7-13H2,1-2H3. The molecule has 2 heterocycles. The fraction of sp³-hybridized carbons (Fsp3) is 0.611. The molecule has 0 bridgehead atoms. The number of ether oxygens (including phenoxy) is 2. The van der Waals surface area contributed by atoms with Gasteiger partial charge in [-0.3, -0.25) is 0 Å². The van der Waals surface area contributed by atoms with E-state index in [1.165, 1.54) is 12.8 Å². The van der Waals surface area contributed by atoms with Gasteiger partial charge in [0.25, 0.3) is 0 Å². The Morgan fingerprint density at radius 1 is 1.23 bits per heavy atom. The monoisotopic (exact) mass is 302 g/mol. The van der Waals surface area contributed by atoms with E-state index in [1.54, 1.807) is 0 Å². The molecule has 1 N–H and O–H groups in total. The van der Waals surface area contributed by atoms with E-state index in [1.807, 2.05) is 24.3 Å². The van der Waals surface area contributed by atoms with E-state index in [2.05, 4.69) is 24.2 Å². The molecular weight excluding hydrogens is 276 g/mol. The minimum absolute atomic E-state index is 0.112. The molecule has 0 unspecified atom stereocenters. The average molecular weight is 302 g/mol. The Bertz CT molecular complexity index is 516. The minimum atomic E-state index is -0.112. The Kier molecular flexibility index (Phi) is 4.67. The lowest BCUT2D eigenvalue weighted by Crippen LogP contribution is -2.28. The number of piperidine rings is 1. The van der Waals surface area contributed by atoms with Crippen LogP contribution >= 0.6 is 0 Å². The first-order valence-corrected chi connectivity index (χ1v) is 8.29. The first kappa shape index (κ1) is 15.3. The van der Waals surface area contributed by atoms with Crippen molar-refractivity contribution in [2.45, 2.75) is 38.6 Å². The van der Waals surface area contributed by atoms with Gasteiger partial charge in [0, 0.05) is 5.56 Å². The van der Waals surface area contributed by atoms with Crippen molar-refractivity contribution >= 4 is 5.90 Å². The van der Waals surface area contributed by atoms with Crippen LogP contribution < -0.4 is 10.1 Å². The first-order valence-electron chi connectivity index (χ1n) is 8.29. The number of nitrogens with one attached hydrogen (secondary N) is 1. The smallest absolute Gasteiger partial charge is 0.216 e. The first-order chi connectivity index (χ1) is 10.6. The predicted octanol–water partition coefficient (Wildman–Crippen LogP) is 3.01. The van der Waals surface area contributed by atoms with Gasteiger partial charge in [-0.2, -0.15) is 0 Å². The molecular formula is C18H26N2O2. The molecule has 2 aliphatic heterocycles. The topological polar surface area (TPSA) is 42.9 Å². The molecule has 1 aromatic carbocycles. The van der Waals surface area contributed by atoms with E-state index in [4.69, 9.17) is 9.47 Å². The Labute approximate surface area is 132 Å². The van der Waals surface area contributed by atoms with Gasteiger partial charge >= 0.3 is 0 Å². The molecule has 22 heavy (non-hydrogen) atoms. The van der Waals surface area contributed by atoms with Crippen LogP contribution in [-0.2, 0) is 4.74 Å². The third-order valence-electron chi connectivity index (χ3n) is 4.32. The molecule has 4 heteroatoms. The van der Waals surface area contributed by atoms with Crippen LogP contribution in [0.1, 0.15) is 38.7 Å². The fourth-order valence-corrected chi connectivity index (χ4v) is 2.94. The molecule has 2 aliphatic rings. The van der Waals surface area contributed by atoms with Crippen LogP contribution in [0.25, 0.3) is 0 Å². The number of nitrogens with zero attached hydrogens (tertiary/aromatic N) is 1. The van der Waals surface area contributed by atoms with Crippen molar-refractivity contribution in [1.82, 2.24) is 5.32 Å². The normalized spacial score (nSPS) is 21.3. The molecule has 4 nitrogen and oxygen atoms in total. The van der Waals surface area contributed by atoms with Crippen LogP contribution in [0.15, 0.2) is 29.3 Å². The van der Waals surface area contributed by atoms with Gasteiger partial charge in [-0.15, -0.1) is 0 Å². The Hall–Kier alpha value is -1.55. The Balaban J connectivity index is 1.49. The average Bonchev–Trinajstić information content (AvgIpc) is 2.89. The van der Waals surface area contributed by atoms with Crippen molar-refractivity contribution in [1.29, 1.82) is 0 Å². The van der Waals surface area contributed by atoms with Gasteiger partial charge in [0.1, 0.15) is 12.4 Å².